The van der Waals surface area contributed by atoms with Gasteiger partial charge in [-0.25, -0.2) is 8.42 Å². The molecule has 1 saturated heterocycles. The smallest absolute Gasteiger partial charge is 0.240 e. The van der Waals surface area contributed by atoms with Gasteiger partial charge in [-0.2, -0.15) is 4.31 Å². The van der Waals surface area contributed by atoms with E-state index in [2.05, 4.69) is 5.32 Å². The van der Waals surface area contributed by atoms with Crippen molar-refractivity contribution >= 4 is 15.9 Å². The normalized spacial score (nSPS) is 21.8. The van der Waals surface area contributed by atoms with Gasteiger partial charge < -0.3 is 15.8 Å². The van der Waals surface area contributed by atoms with Gasteiger partial charge in [0.2, 0.25) is 15.9 Å². The summed E-state index contributed by atoms with van der Waals surface area (Å²) >= 11 is 0. The van der Waals surface area contributed by atoms with Crippen LogP contribution < -0.4 is 11.1 Å². The summed E-state index contributed by atoms with van der Waals surface area (Å²) in [6.45, 7) is 3.11. The standard InChI is InChI=1S/C10H21N3O4S/c1-2-4-12-10(14)9-8-17-6-5-13(9)18(15,16)7-3-11/h9H,2-8,11H2,1H3,(H,12,14). The second-order valence-electron chi connectivity index (χ2n) is 4.10. The van der Waals surface area contributed by atoms with Crippen molar-refractivity contribution in [2.24, 2.45) is 5.73 Å². The number of amides is 1. The van der Waals surface area contributed by atoms with Crippen molar-refractivity contribution in [2.75, 3.05) is 38.6 Å². The molecule has 1 rings (SSSR count). The number of morpholine rings is 1. The van der Waals surface area contributed by atoms with Crippen LogP contribution >= 0.6 is 0 Å². The minimum absolute atomic E-state index is 0.0446. The van der Waals surface area contributed by atoms with Crippen molar-refractivity contribution in [1.29, 1.82) is 0 Å². The van der Waals surface area contributed by atoms with Crippen LogP contribution in [0.5, 0.6) is 0 Å². The molecule has 0 radical (unpaired) electrons. The third kappa shape index (κ3) is 3.91. The van der Waals surface area contributed by atoms with Crippen LogP contribution in [-0.4, -0.2) is 63.3 Å². The van der Waals surface area contributed by atoms with E-state index in [1.165, 1.54) is 4.31 Å². The number of nitrogens with zero attached hydrogens (tertiary/aromatic N) is 1. The topological polar surface area (TPSA) is 102 Å². The minimum Gasteiger partial charge on any atom is -0.378 e. The molecule has 1 amide bonds. The summed E-state index contributed by atoms with van der Waals surface area (Å²) < 4.78 is 30.4. The first-order valence-corrected chi connectivity index (χ1v) is 7.69. The Morgan fingerprint density at radius 1 is 1.56 bits per heavy atom. The number of ether oxygens (including phenoxy) is 1. The largest absolute Gasteiger partial charge is 0.378 e. The highest BCUT2D eigenvalue weighted by Gasteiger charge is 2.36. The van der Waals surface area contributed by atoms with E-state index in [4.69, 9.17) is 10.5 Å². The molecule has 0 saturated carbocycles. The van der Waals surface area contributed by atoms with Crippen molar-refractivity contribution in [3.63, 3.8) is 0 Å². The molecule has 0 spiro atoms. The predicted octanol–water partition coefficient (Wildman–Crippen LogP) is -1.50. The molecule has 1 aliphatic heterocycles. The summed E-state index contributed by atoms with van der Waals surface area (Å²) in [4.78, 5) is 11.9. The summed E-state index contributed by atoms with van der Waals surface area (Å²) in [7, 11) is -3.49. The third-order valence-electron chi connectivity index (χ3n) is 2.66. The lowest BCUT2D eigenvalue weighted by molar-refractivity contribution is -0.129. The zero-order chi connectivity index (χ0) is 13.6. The van der Waals surface area contributed by atoms with Crippen LogP contribution in [0.2, 0.25) is 0 Å². The number of nitrogens with two attached hydrogens (primary N) is 1. The van der Waals surface area contributed by atoms with Crippen LogP contribution in [0.4, 0.5) is 0 Å². The van der Waals surface area contributed by atoms with E-state index in [0.29, 0.717) is 13.2 Å². The molecule has 8 heteroatoms. The lowest BCUT2D eigenvalue weighted by Crippen LogP contribution is -2.56. The lowest BCUT2D eigenvalue weighted by Gasteiger charge is -2.33. The average molecular weight is 279 g/mol. The number of hydrogen-bond donors (Lipinski definition) is 2. The van der Waals surface area contributed by atoms with E-state index in [1.807, 2.05) is 6.92 Å². The number of hydrogen-bond acceptors (Lipinski definition) is 5. The SMILES string of the molecule is CCCNC(=O)C1COCCN1S(=O)(=O)CCN. The fourth-order valence-corrected chi connectivity index (χ4v) is 3.19. The van der Waals surface area contributed by atoms with Gasteiger partial charge in [-0.1, -0.05) is 6.92 Å². The first-order valence-electron chi connectivity index (χ1n) is 6.08. The monoisotopic (exact) mass is 279 g/mol. The maximum atomic E-state index is 12.0. The van der Waals surface area contributed by atoms with Gasteiger partial charge in [-0.15, -0.1) is 0 Å². The fraction of sp³-hybridized carbons (Fsp3) is 0.900. The number of rotatable bonds is 6. The number of carbonyl (C=O) groups excluding carboxylic acids is 1. The fourth-order valence-electron chi connectivity index (χ4n) is 1.76. The second-order valence-corrected chi connectivity index (χ2v) is 6.14. The third-order valence-corrected chi connectivity index (χ3v) is 4.57. The maximum absolute atomic E-state index is 12.0. The molecule has 1 fully saturated rings. The zero-order valence-corrected chi connectivity index (χ0v) is 11.4. The van der Waals surface area contributed by atoms with E-state index in [1.54, 1.807) is 0 Å². The average Bonchev–Trinajstić information content (AvgIpc) is 2.36. The molecule has 1 unspecified atom stereocenters. The molecule has 0 aromatic heterocycles. The van der Waals surface area contributed by atoms with Crippen molar-refractivity contribution < 1.29 is 17.9 Å². The van der Waals surface area contributed by atoms with Gasteiger partial charge in [-0.05, 0) is 6.42 Å². The number of nitrogens with one attached hydrogen (secondary N) is 1. The Morgan fingerprint density at radius 2 is 2.28 bits per heavy atom. The molecule has 18 heavy (non-hydrogen) atoms. The van der Waals surface area contributed by atoms with Crippen LogP contribution in [0.1, 0.15) is 13.3 Å². The molecule has 1 aliphatic rings. The molecule has 0 aromatic carbocycles. The van der Waals surface area contributed by atoms with Gasteiger partial charge in [-0.3, -0.25) is 4.79 Å². The van der Waals surface area contributed by atoms with Gasteiger partial charge in [0.1, 0.15) is 6.04 Å². The van der Waals surface area contributed by atoms with Crippen LogP contribution in [0.3, 0.4) is 0 Å². The molecular formula is C10H21N3O4S. The van der Waals surface area contributed by atoms with E-state index < -0.39 is 16.1 Å². The molecule has 106 valence electrons. The Balaban J connectivity index is 2.76. The molecular weight excluding hydrogens is 258 g/mol. The van der Waals surface area contributed by atoms with E-state index in [0.717, 1.165) is 6.42 Å². The van der Waals surface area contributed by atoms with Crippen LogP contribution in [0.15, 0.2) is 0 Å². The van der Waals surface area contributed by atoms with Gasteiger partial charge in [0.15, 0.2) is 0 Å². The molecule has 7 nitrogen and oxygen atoms in total. The molecule has 0 aromatic rings. The number of carbonyl (C=O) groups is 1. The molecule has 0 aliphatic carbocycles. The van der Waals surface area contributed by atoms with Gasteiger partial charge in [0.05, 0.1) is 19.0 Å². The highest BCUT2D eigenvalue weighted by molar-refractivity contribution is 7.89. The van der Waals surface area contributed by atoms with Gasteiger partial charge in [0.25, 0.3) is 0 Å². The van der Waals surface area contributed by atoms with Gasteiger partial charge in [0, 0.05) is 19.6 Å². The van der Waals surface area contributed by atoms with E-state index in [9.17, 15) is 13.2 Å². The minimum atomic E-state index is -3.49. The Kier molecular flexibility index (Phi) is 6.00. The van der Waals surface area contributed by atoms with Crippen LogP contribution in [0.25, 0.3) is 0 Å². The quantitative estimate of drug-likeness (QED) is 0.616. The highest BCUT2D eigenvalue weighted by atomic mass is 32.2. The van der Waals surface area contributed by atoms with Crippen molar-refractivity contribution in [3.05, 3.63) is 0 Å². The summed E-state index contributed by atoms with van der Waals surface area (Å²) in [5, 5.41) is 2.69. The van der Waals surface area contributed by atoms with E-state index in [-0.39, 0.29) is 31.4 Å². The summed E-state index contributed by atoms with van der Waals surface area (Å²) in [6.07, 6.45) is 0.800. The Morgan fingerprint density at radius 3 is 2.89 bits per heavy atom. The molecule has 1 heterocycles. The van der Waals surface area contributed by atoms with Gasteiger partial charge >= 0.3 is 0 Å². The zero-order valence-electron chi connectivity index (χ0n) is 10.6. The first-order chi connectivity index (χ1) is 8.53. The summed E-state index contributed by atoms with van der Waals surface area (Å²) in [5.74, 6) is -0.456. The number of sulfonamides is 1. The Labute approximate surface area is 108 Å². The summed E-state index contributed by atoms with van der Waals surface area (Å²) in [5.41, 5.74) is 5.29. The van der Waals surface area contributed by atoms with Crippen LogP contribution in [0, 0.1) is 0 Å². The maximum Gasteiger partial charge on any atom is 0.240 e. The van der Waals surface area contributed by atoms with Crippen molar-refractivity contribution in [1.82, 2.24) is 9.62 Å². The molecule has 0 bridgehead atoms. The van der Waals surface area contributed by atoms with E-state index >= 15 is 0 Å². The molecule has 3 N–H and O–H groups in total. The van der Waals surface area contributed by atoms with Crippen molar-refractivity contribution in [2.45, 2.75) is 19.4 Å². The first kappa shape index (κ1) is 15.4. The Hall–Kier alpha value is -0.700. The highest BCUT2D eigenvalue weighted by Crippen LogP contribution is 2.13. The summed E-state index contributed by atoms with van der Waals surface area (Å²) in [6, 6.07) is -0.776. The molecule has 1 atom stereocenters. The lowest BCUT2D eigenvalue weighted by atomic mass is 10.2. The van der Waals surface area contributed by atoms with Crippen LogP contribution in [-0.2, 0) is 19.6 Å². The predicted molar refractivity (Wildman–Crippen MR) is 67.5 cm³/mol. The van der Waals surface area contributed by atoms with Crippen molar-refractivity contribution in [3.8, 4) is 0 Å². The Bertz CT molecular complexity index is 371. The second kappa shape index (κ2) is 7.03.